The summed E-state index contributed by atoms with van der Waals surface area (Å²) in [5.74, 6) is 0.586. The molecule has 0 saturated carbocycles. The molecule has 108 valence electrons. The van der Waals surface area contributed by atoms with E-state index in [0.717, 1.165) is 9.26 Å². The number of anilines is 1. The fraction of sp³-hybridized carbons (Fsp3) is 0.188. The van der Waals surface area contributed by atoms with E-state index in [1.165, 1.54) is 0 Å². The minimum atomic E-state index is -0.633. The third kappa shape index (κ3) is 4.92. The minimum absolute atomic E-state index is 0.172. The number of aliphatic hydroxyl groups excluding tert-OH is 1. The zero-order chi connectivity index (χ0) is 15.1. The number of ether oxygens (including phenoxy) is 1. The molecule has 0 radical (unpaired) electrons. The highest BCUT2D eigenvalue weighted by molar-refractivity contribution is 14.1. The van der Waals surface area contributed by atoms with Crippen LogP contribution in [0, 0.1) is 14.9 Å². The van der Waals surface area contributed by atoms with Gasteiger partial charge in [0.05, 0.1) is 11.6 Å². The summed E-state index contributed by atoms with van der Waals surface area (Å²) in [6.07, 6.45) is -0.633. The number of aliphatic hydroxyl groups is 1. The second-order valence-corrected chi connectivity index (χ2v) is 5.63. The maximum absolute atomic E-state index is 9.93. The van der Waals surface area contributed by atoms with Crippen LogP contribution in [-0.2, 0) is 0 Å². The van der Waals surface area contributed by atoms with Gasteiger partial charge < -0.3 is 15.2 Å². The van der Waals surface area contributed by atoms with Gasteiger partial charge in [-0.2, -0.15) is 5.26 Å². The van der Waals surface area contributed by atoms with Crippen LogP contribution in [0.4, 0.5) is 5.69 Å². The highest BCUT2D eigenvalue weighted by Gasteiger charge is 2.07. The van der Waals surface area contributed by atoms with Gasteiger partial charge in [0.1, 0.15) is 18.5 Å². The van der Waals surface area contributed by atoms with Gasteiger partial charge >= 0.3 is 0 Å². The molecular weight excluding hydrogens is 379 g/mol. The molecule has 2 N–H and O–H groups in total. The molecule has 4 nitrogen and oxygen atoms in total. The van der Waals surface area contributed by atoms with Crippen molar-refractivity contribution < 1.29 is 9.84 Å². The highest BCUT2D eigenvalue weighted by atomic mass is 127. The quantitative estimate of drug-likeness (QED) is 0.740. The van der Waals surface area contributed by atoms with Gasteiger partial charge in [-0.3, -0.25) is 0 Å². The fourth-order valence-corrected chi connectivity index (χ4v) is 2.32. The van der Waals surface area contributed by atoms with E-state index >= 15 is 0 Å². The molecule has 2 aromatic carbocycles. The van der Waals surface area contributed by atoms with Crippen molar-refractivity contribution in [1.82, 2.24) is 0 Å². The number of rotatable bonds is 6. The lowest BCUT2D eigenvalue weighted by Crippen LogP contribution is -2.26. The molecule has 2 rings (SSSR count). The maximum Gasteiger partial charge on any atom is 0.120 e. The van der Waals surface area contributed by atoms with Gasteiger partial charge in [0.2, 0.25) is 0 Å². The predicted molar refractivity (Wildman–Crippen MR) is 90.3 cm³/mol. The second kappa shape index (κ2) is 7.86. The summed E-state index contributed by atoms with van der Waals surface area (Å²) in [6.45, 7) is 0.573. The molecule has 0 aliphatic rings. The lowest BCUT2D eigenvalue weighted by atomic mass is 10.2. The molecular formula is C16H15IN2O2. The first-order valence-corrected chi connectivity index (χ1v) is 7.56. The van der Waals surface area contributed by atoms with E-state index in [1.807, 2.05) is 24.3 Å². The van der Waals surface area contributed by atoms with Crippen molar-refractivity contribution >= 4 is 28.3 Å². The van der Waals surface area contributed by atoms with Crippen LogP contribution in [0.15, 0.2) is 48.5 Å². The predicted octanol–water partition coefficient (Wildman–Crippen LogP) is 3.01. The molecule has 0 aliphatic heterocycles. The van der Waals surface area contributed by atoms with E-state index in [9.17, 15) is 5.11 Å². The standard InChI is InChI=1S/C16H15IN2O2/c17-15-6-1-2-7-16(15)19-10-13(20)11-21-14-5-3-4-12(8-14)9-18/h1-8,13,19-20H,10-11H2. The van der Waals surface area contributed by atoms with Crippen LogP contribution in [-0.4, -0.2) is 24.4 Å². The van der Waals surface area contributed by atoms with Gasteiger partial charge in [0.15, 0.2) is 0 Å². The van der Waals surface area contributed by atoms with Crippen LogP contribution in [0.1, 0.15) is 5.56 Å². The Bertz CT molecular complexity index is 640. The van der Waals surface area contributed by atoms with Crippen molar-refractivity contribution in [3.8, 4) is 11.8 Å². The topological polar surface area (TPSA) is 65.3 Å². The third-order valence-corrected chi connectivity index (χ3v) is 3.75. The third-order valence-electron chi connectivity index (χ3n) is 2.81. The molecule has 21 heavy (non-hydrogen) atoms. The molecule has 0 aliphatic carbocycles. The largest absolute Gasteiger partial charge is 0.491 e. The number of nitrogens with one attached hydrogen (secondary N) is 1. The number of halogens is 1. The Balaban J connectivity index is 1.81. The molecule has 2 aromatic rings. The average molecular weight is 394 g/mol. The van der Waals surface area contributed by atoms with Gasteiger partial charge in [-0.05, 0) is 52.9 Å². The van der Waals surface area contributed by atoms with E-state index in [1.54, 1.807) is 24.3 Å². The molecule has 0 spiro atoms. The molecule has 0 bridgehead atoms. The van der Waals surface area contributed by atoms with Crippen LogP contribution < -0.4 is 10.1 Å². The summed E-state index contributed by atoms with van der Waals surface area (Å²) in [5, 5.41) is 21.9. The first-order valence-electron chi connectivity index (χ1n) is 6.48. The van der Waals surface area contributed by atoms with E-state index in [4.69, 9.17) is 10.00 Å². The van der Waals surface area contributed by atoms with Crippen molar-refractivity contribution in [2.45, 2.75) is 6.10 Å². The van der Waals surface area contributed by atoms with E-state index in [2.05, 4.69) is 34.0 Å². The van der Waals surface area contributed by atoms with Crippen molar-refractivity contribution in [2.24, 2.45) is 0 Å². The highest BCUT2D eigenvalue weighted by Crippen LogP contribution is 2.17. The second-order valence-electron chi connectivity index (χ2n) is 4.47. The Morgan fingerprint density at radius 1 is 1.24 bits per heavy atom. The van der Waals surface area contributed by atoms with Crippen molar-refractivity contribution in [3.05, 3.63) is 57.7 Å². The number of nitrogens with zero attached hydrogens (tertiary/aromatic N) is 1. The average Bonchev–Trinajstić information content (AvgIpc) is 2.52. The van der Waals surface area contributed by atoms with Crippen molar-refractivity contribution in [2.75, 3.05) is 18.5 Å². The number of nitriles is 1. The molecule has 0 amide bonds. The lowest BCUT2D eigenvalue weighted by molar-refractivity contribution is 0.117. The van der Waals surface area contributed by atoms with Gasteiger partial charge in [0.25, 0.3) is 0 Å². The zero-order valence-corrected chi connectivity index (χ0v) is 13.4. The first kappa shape index (κ1) is 15.6. The molecule has 0 aromatic heterocycles. The molecule has 0 saturated heterocycles. The van der Waals surface area contributed by atoms with Crippen LogP contribution in [0.3, 0.4) is 0 Å². The SMILES string of the molecule is N#Cc1cccc(OCC(O)CNc2ccccc2I)c1. The maximum atomic E-state index is 9.93. The number of hydrogen-bond donors (Lipinski definition) is 2. The zero-order valence-electron chi connectivity index (χ0n) is 11.3. The summed E-state index contributed by atoms with van der Waals surface area (Å²) in [4.78, 5) is 0. The van der Waals surface area contributed by atoms with Crippen LogP contribution in [0.5, 0.6) is 5.75 Å². The number of para-hydroxylation sites is 1. The molecule has 0 heterocycles. The van der Waals surface area contributed by atoms with Gasteiger partial charge in [-0.1, -0.05) is 18.2 Å². The summed E-state index contributed by atoms with van der Waals surface area (Å²) in [5.41, 5.74) is 1.53. The molecule has 1 unspecified atom stereocenters. The summed E-state index contributed by atoms with van der Waals surface area (Å²) in [7, 11) is 0. The first-order chi connectivity index (χ1) is 10.2. The van der Waals surface area contributed by atoms with Gasteiger partial charge in [0, 0.05) is 15.8 Å². The van der Waals surface area contributed by atoms with Crippen LogP contribution in [0.2, 0.25) is 0 Å². The Labute approximate surface area is 137 Å². The Hall–Kier alpha value is -1.78. The van der Waals surface area contributed by atoms with Crippen LogP contribution >= 0.6 is 22.6 Å². The lowest BCUT2D eigenvalue weighted by Gasteiger charge is -2.15. The molecule has 5 heteroatoms. The smallest absolute Gasteiger partial charge is 0.120 e. The van der Waals surface area contributed by atoms with E-state index in [-0.39, 0.29) is 6.61 Å². The Morgan fingerprint density at radius 2 is 2.05 bits per heavy atom. The molecule has 1 atom stereocenters. The van der Waals surface area contributed by atoms with E-state index in [0.29, 0.717) is 17.9 Å². The summed E-state index contributed by atoms with van der Waals surface area (Å²) in [6, 6.07) is 16.8. The van der Waals surface area contributed by atoms with Gasteiger partial charge in [-0.25, -0.2) is 0 Å². The van der Waals surface area contributed by atoms with Crippen molar-refractivity contribution in [1.29, 1.82) is 5.26 Å². The Kier molecular flexibility index (Phi) is 5.84. The number of benzene rings is 2. The van der Waals surface area contributed by atoms with Crippen LogP contribution in [0.25, 0.3) is 0 Å². The Morgan fingerprint density at radius 3 is 2.81 bits per heavy atom. The minimum Gasteiger partial charge on any atom is -0.491 e. The summed E-state index contributed by atoms with van der Waals surface area (Å²) < 4.78 is 6.59. The van der Waals surface area contributed by atoms with E-state index < -0.39 is 6.10 Å². The van der Waals surface area contributed by atoms with Crippen molar-refractivity contribution in [3.63, 3.8) is 0 Å². The molecule has 0 fully saturated rings. The summed E-state index contributed by atoms with van der Waals surface area (Å²) >= 11 is 2.24. The normalized spacial score (nSPS) is 11.5. The van der Waals surface area contributed by atoms with Gasteiger partial charge in [-0.15, -0.1) is 0 Å². The monoisotopic (exact) mass is 394 g/mol. The number of hydrogen-bond acceptors (Lipinski definition) is 4. The fourth-order valence-electron chi connectivity index (χ4n) is 1.74.